The van der Waals surface area contributed by atoms with Gasteiger partial charge in [-0.05, 0) is 36.3 Å². The highest BCUT2D eigenvalue weighted by atomic mass is 28.4. The molecule has 2 aromatic heterocycles. The lowest BCUT2D eigenvalue weighted by Crippen LogP contribution is -2.48. The molecule has 1 fully saturated rings. The number of nitrogen functional groups attached to an aromatic ring is 1. The molecule has 3 rings (SSSR count). The maximum atomic E-state index is 13.6. The zero-order valence-corrected chi connectivity index (χ0v) is 23.6. The molecule has 3 atom stereocenters. The highest BCUT2D eigenvalue weighted by Gasteiger charge is 2.51. The monoisotopic (exact) mass is 493 g/mol. The summed E-state index contributed by atoms with van der Waals surface area (Å²) in [7, 11) is -4.35. The SMILES string of the molecule is CC(C)(C)[Si](C)(C)OC[C@H]1O[C@@H](n2cnc3c(N)ncnc32)[C@H](O[Si](C)(C)C(C)(C)C)C1=O. The first-order chi connectivity index (χ1) is 15.0. The van der Waals surface area contributed by atoms with E-state index in [1.54, 1.807) is 10.9 Å². The maximum Gasteiger partial charge on any atom is 0.196 e. The second-order valence-corrected chi connectivity index (χ2v) is 21.4. The highest BCUT2D eigenvalue weighted by Crippen LogP contribution is 2.42. The van der Waals surface area contributed by atoms with Gasteiger partial charge in [0, 0.05) is 0 Å². The Bertz CT molecular complexity index is 1030. The molecular weight excluding hydrogens is 454 g/mol. The number of ether oxygens (including phenoxy) is 1. The van der Waals surface area contributed by atoms with Gasteiger partial charge in [0.15, 0.2) is 46.2 Å². The van der Waals surface area contributed by atoms with Gasteiger partial charge in [-0.15, -0.1) is 0 Å². The number of imidazole rings is 1. The molecule has 1 saturated heterocycles. The highest BCUT2D eigenvalue weighted by molar-refractivity contribution is 6.74. The van der Waals surface area contributed by atoms with Crippen LogP contribution in [0.4, 0.5) is 5.82 Å². The molecule has 2 aromatic rings. The van der Waals surface area contributed by atoms with Crippen molar-refractivity contribution in [2.45, 2.75) is 96.2 Å². The standard InChI is InChI=1S/C22H39N5O4Si2/c1-21(2,3)32(7,8)29-11-14-16(28)17(31-33(9,10)22(4,5)6)20(30-14)27-13-26-15-18(23)24-12-25-19(15)27/h12-14,17,20H,11H2,1-10H3,(H2,23,24,25)/t14-,17-,20-/m1/s1. The number of Topliss-reactive ketones (excluding diaryl/α,β-unsaturated/α-hetero) is 1. The first kappa shape index (κ1) is 25.9. The van der Waals surface area contributed by atoms with Gasteiger partial charge in [0.1, 0.15) is 17.9 Å². The summed E-state index contributed by atoms with van der Waals surface area (Å²) < 4.78 is 21.0. The van der Waals surface area contributed by atoms with Crippen LogP contribution in [-0.2, 0) is 18.4 Å². The van der Waals surface area contributed by atoms with Gasteiger partial charge < -0.3 is 19.3 Å². The summed E-state index contributed by atoms with van der Waals surface area (Å²) in [6, 6.07) is 0. The molecule has 0 aliphatic carbocycles. The number of aromatic nitrogens is 4. The van der Waals surface area contributed by atoms with Crippen molar-refractivity contribution in [2.24, 2.45) is 0 Å². The number of ketones is 1. The van der Waals surface area contributed by atoms with Gasteiger partial charge in [-0.1, -0.05) is 41.5 Å². The first-order valence-corrected chi connectivity index (χ1v) is 17.2. The Labute approximate surface area is 198 Å². The van der Waals surface area contributed by atoms with E-state index in [9.17, 15) is 4.79 Å². The van der Waals surface area contributed by atoms with Gasteiger partial charge in [-0.2, -0.15) is 0 Å². The normalized spacial score (nSPS) is 23.0. The summed E-state index contributed by atoms with van der Waals surface area (Å²) in [6.45, 7) is 21.7. The van der Waals surface area contributed by atoms with Gasteiger partial charge in [-0.25, -0.2) is 15.0 Å². The maximum absolute atomic E-state index is 13.6. The van der Waals surface area contributed by atoms with Crippen LogP contribution in [0.1, 0.15) is 47.8 Å². The molecule has 3 heterocycles. The molecule has 9 nitrogen and oxygen atoms in total. The lowest BCUT2D eigenvalue weighted by Gasteiger charge is -2.38. The molecule has 1 aliphatic heterocycles. The third kappa shape index (κ3) is 4.92. The number of nitrogens with zero attached hydrogens (tertiary/aromatic N) is 4. The number of carbonyl (C=O) groups excluding carboxylic acids is 1. The summed E-state index contributed by atoms with van der Waals surface area (Å²) in [4.78, 5) is 26.3. The van der Waals surface area contributed by atoms with E-state index in [2.05, 4.69) is 82.7 Å². The quantitative estimate of drug-likeness (QED) is 0.593. The van der Waals surface area contributed by atoms with E-state index in [-0.39, 0.29) is 28.3 Å². The lowest BCUT2D eigenvalue weighted by molar-refractivity contribution is -0.127. The third-order valence-electron chi connectivity index (χ3n) is 7.45. The predicted molar refractivity (Wildman–Crippen MR) is 134 cm³/mol. The van der Waals surface area contributed by atoms with E-state index in [4.69, 9.17) is 19.3 Å². The number of rotatable bonds is 6. The van der Waals surface area contributed by atoms with Crippen molar-refractivity contribution in [2.75, 3.05) is 12.3 Å². The summed E-state index contributed by atoms with van der Waals surface area (Å²) in [5, 5.41) is -0.0444. The fourth-order valence-corrected chi connectivity index (χ4v) is 5.35. The molecule has 0 saturated carbocycles. The van der Waals surface area contributed by atoms with Crippen molar-refractivity contribution in [3.05, 3.63) is 12.7 Å². The van der Waals surface area contributed by atoms with Crippen molar-refractivity contribution in [1.82, 2.24) is 19.5 Å². The molecule has 33 heavy (non-hydrogen) atoms. The second-order valence-electron chi connectivity index (χ2n) is 11.9. The number of hydrogen-bond acceptors (Lipinski definition) is 8. The van der Waals surface area contributed by atoms with E-state index in [1.807, 2.05) is 0 Å². The predicted octanol–water partition coefficient (Wildman–Crippen LogP) is 4.29. The van der Waals surface area contributed by atoms with E-state index in [0.717, 1.165) is 0 Å². The van der Waals surface area contributed by atoms with E-state index >= 15 is 0 Å². The molecule has 0 spiro atoms. The average molecular weight is 494 g/mol. The Morgan fingerprint density at radius 3 is 2.21 bits per heavy atom. The van der Waals surface area contributed by atoms with Crippen LogP contribution in [0.25, 0.3) is 11.2 Å². The lowest BCUT2D eigenvalue weighted by atomic mass is 10.2. The number of hydrogen-bond donors (Lipinski definition) is 1. The van der Waals surface area contributed by atoms with Crippen molar-refractivity contribution < 1.29 is 18.4 Å². The van der Waals surface area contributed by atoms with E-state index in [0.29, 0.717) is 11.2 Å². The molecule has 0 unspecified atom stereocenters. The third-order valence-corrected chi connectivity index (χ3v) is 16.4. The molecule has 184 valence electrons. The van der Waals surface area contributed by atoms with Crippen LogP contribution >= 0.6 is 0 Å². The van der Waals surface area contributed by atoms with Crippen molar-refractivity contribution in [3.8, 4) is 0 Å². The molecule has 2 N–H and O–H groups in total. The largest absolute Gasteiger partial charge is 0.414 e. The minimum atomic E-state index is -2.29. The van der Waals surface area contributed by atoms with Crippen molar-refractivity contribution in [1.29, 1.82) is 0 Å². The number of nitrogens with two attached hydrogens (primary N) is 1. The molecular formula is C22H39N5O4Si2. The Morgan fingerprint density at radius 2 is 1.64 bits per heavy atom. The molecule has 0 amide bonds. The van der Waals surface area contributed by atoms with Gasteiger partial charge in [0.05, 0.1) is 12.9 Å². The van der Waals surface area contributed by atoms with Crippen LogP contribution in [0.2, 0.25) is 36.3 Å². The van der Waals surface area contributed by atoms with Gasteiger partial charge in [0.2, 0.25) is 0 Å². The van der Waals surface area contributed by atoms with Crippen LogP contribution in [0, 0.1) is 0 Å². The van der Waals surface area contributed by atoms with Crippen LogP contribution in [0.3, 0.4) is 0 Å². The Hall–Kier alpha value is -1.67. The van der Waals surface area contributed by atoms with Gasteiger partial charge in [0.25, 0.3) is 0 Å². The number of anilines is 1. The minimum Gasteiger partial charge on any atom is -0.414 e. The summed E-state index contributed by atoms with van der Waals surface area (Å²) in [5.74, 6) is 0.176. The van der Waals surface area contributed by atoms with Gasteiger partial charge in [-0.3, -0.25) is 9.36 Å². The number of carbonyl (C=O) groups is 1. The van der Waals surface area contributed by atoms with Crippen LogP contribution < -0.4 is 5.73 Å². The molecule has 11 heteroatoms. The zero-order chi connectivity index (χ0) is 25.0. The van der Waals surface area contributed by atoms with Crippen molar-refractivity contribution in [3.63, 3.8) is 0 Å². The Kier molecular flexibility index (Phi) is 6.70. The summed E-state index contributed by atoms with van der Waals surface area (Å²) >= 11 is 0. The Morgan fingerprint density at radius 1 is 1.03 bits per heavy atom. The molecule has 0 aromatic carbocycles. The average Bonchev–Trinajstić information content (AvgIpc) is 3.21. The molecule has 0 radical (unpaired) electrons. The van der Waals surface area contributed by atoms with Gasteiger partial charge >= 0.3 is 0 Å². The summed E-state index contributed by atoms with van der Waals surface area (Å²) in [5.41, 5.74) is 6.96. The fourth-order valence-electron chi connectivity index (χ4n) is 3.13. The Balaban J connectivity index is 1.96. The molecule has 0 bridgehead atoms. The van der Waals surface area contributed by atoms with E-state index in [1.165, 1.54) is 6.33 Å². The minimum absolute atomic E-state index is 0.0279. The second kappa shape index (κ2) is 8.52. The smallest absolute Gasteiger partial charge is 0.196 e. The van der Waals surface area contributed by atoms with Crippen LogP contribution in [-0.4, -0.2) is 60.8 Å². The topological polar surface area (TPSA) is 114 Å². The van der Waals surface area contributed by atoms with E-state index < -0.39 is 35.1 Å². The fraction of sp³-hybridized carbons (Fsp3) is 0.727. The van der Waals surface area contributed by atoms with Crippen LogP contribution in [0.15, 0.2) is 12.7 Å². The van der Waals surface area contributed by atoms with Crippen molar-refractivity contribution >= 4 is 39.4 Å². The number of fused-ring (bicyclic) bond motifs is 1. The first-order valence-electron chi connectivity index (χ1n) is 11.4. The summed E-state index contributed by atoms with van der Waals surface area (Å²) in [6.07, 6.45) is 0.753. The molecule has 1 aliphatic rings. The zero-order valence-electron chi connectivity index (χ0n) is 21.6. The van der Waals surface area contributed by atoms with Crippen LogP contribution in [0.5, 0.6) is 0 Å².